The Balaban J connectivity index is 2.05. The lowest BCUT2D eigenvalue weighted by atomic mass is 10.1. The molecule has 1 aromatic carbocycles. The molecule has 1 N–H and O–H groups in total. The van der Waals surface area contributed by atoms with Crippen LogP contribution in [0.5, 0.6) is 0 Å². The number of carbonyl (C=O) groups excluding carboxylic acids is 1. The van der Waals surface area contributed by atoms with E-state index in [-0.39, 0.29) is 5.91 Å². The zero-order chi connectivity index (χ0) is 16.3. The highest BCUT2D eigenvalue weighted by molar-refractivity contribution is 9.11. The van der Waals surface area contributed by atoms with Crippen LogP contribution in [0.3, 0.4) is 0 Å². The van der Waals surface area contributed by atoms with Crippen molar-refractivity contribution in [2.45, 2.75) is 58.5 Å². The molecule has 22 heavy (non-hydrogen) atoms. The second-order valence-electron chi connectivity index (χ2n) is 6.36. The van der Waals surface area contributed by atoms with Crippen LogP contribution in [0.1, 0.15) is 45.1 Å². The largest absolute Gasteiger partial charge is 0.323 e. The summed E-state index contributed by atoms with van der Waals surface area (Å²) < 4.78 is 1.81. The Bertz CT molecular complexity index is 516. The summed E-state index contributed by atoms with van der Waals surface area (Å²) in [7, 11) is 0. The normalized spacial score (nSPS) is 15.8. The van der Waals surface area contributed by atoms with Crippen molar-refractivity contribution < 1.29 is 4.79 Å². The molecule has 1 aliphatic rings. The monoisotopic (exact) mass is 430 g/mol. The maximum Gasteiger partial charge on any atom is 0.238 e. The average molecular weight is 432 g/mol. The van der Waals surface area contributed by atoms with Crippen molar-refractivity contribution in [3.05, 3.63) is 26.6 Å². The van der Waals surface area contributed by atoms with E-state index in [1.807, 2.05) is 19.1 Å². The number of halogens is 2. The van der Waals surface area contributed by atoms with E-state index in [1.165, 1.54) is 25.7 Å². The van der Waals surface area contributed by atoms with E-state index >= 15 is 0 Å². The summed E-state index contributed by atoms with van der Waals surface area (Å²) >= 11 is 7.06. The van der Waals surface area contributed by atoms with Crippen molar-refractivity contribution in [1.82, 2.24) is 4.90 Å². The van der Waals surface area contributed by atoms with Crippen molar-refractivity contribution in [3.63, 3.8) is 0 Å². The summed E-state index contributed by atoms with van der Waals surface area (Å²) in [4.78, 5) is 14.8. The summed E-state index contributed by atoms with van der Waals surface area (Å²) in [6.45, 7) is 6.82. The predicted molar refractivity (Wildman–Crippen MR) is 99.3 cm³/mol. The van der Waals surface area contributed by atoms with Gasteiger partial charge in [0.15, 0.2) is 0 Å². The molecule has 0 radical (unpaired) electrons. The number of nitrogens with one attached hydrogen (secondary N) is 1. The first-order chi connectivity index (χ1) is 10.4. The molecular weight excluding hydrogens is 408 g/mol. The van der Waals surface area contributed by atoms with Gasteiger partial charge < -0.3 is 5.32 Å². The van der Waals surface area contributed by atoms with Gasteiger partial charge >= 0.3 is 0 Å². The van der Waals surface area contributed by atoms with Gasteiger partial charge in [-0.3, -0.25) is 9.69 Å². The standard InChI is InChI=1S/C17H24Br2N2O/c1-11(2)21(13-6-4-5-7-13)10-16(22)20-17-14(18)8-12(3)9-15(17)19/h8-9,11,13H,4-7,10H2,1-3H3,(H,20,22). The van der Waals surface area contributed by atoms with Gasteiger partial charge in [-0.25, -0.2) is 0 Å². The highest BCUT2D eigenvalue weighted by Gasteiger charge is 2.26. The Kier molecular flexibility index (Phi) is 6.47. The fourth-order valence-corrected chi connectivity index (χ4v) is 4.75. The third-order valence-electron chi connectivity index (χ3n) is 4.23. The maximum absolute atomic E-state index is 12.5. The lowest BCUT2D eigenvalue weighted by Gasteiger charge is -2.32. The van der Waals surface area contributed by atoms with Crippen LogP contribution < -0.4 is 5.32 Å². The fourth-order valence-electron chi connectivity index (χ4n) is 3.13. The van der Waals surface area contributed by atoms with Gasteiger partial charge in [0, 0.05) is 21.0 Å². The second kappa shape index (κ2) is 7.93. The maximum atomic E-state index is 12.5. The highest BCUT2D eigenvalue weighted by atomic mass is 79.9. The number of hydrogen-bond donors (Lipinski definition) is 1. The number of hydrogen-bond acceptors (Lipinski definition) is 2. The van der Waals surface area contributed by atoms with Crippen molar-refractivity contribution in [3.8, 4) is 0 Å². The van der Waals surface area contributed by atoms with Gasteiger partial charge in [0.25, 0.3) is 0 Å². The van der Waals surface area contributed by atoms with Crippen molar-refractivity contribution in [2.24, 2.45) is 0 Å². The summed E-state index contributed by atoms with van der Waals surface area (Å²) in [6, 6.07) is 4.96. The summed E-state index contributed by atoms with van der Waals surface area (Å²) in [5, 5.41) is 3.04. The van der Waals surface area contributed by atoms with E-state index in [0.29, 0.717) is 18.6 Å². The zero-order valence-corrected chi connectivity index (χ0v) is 16.6. The smallest absolute Gasteiger partial charge is 0.238 e. The van der Waals surface area contributed by atoms with Crippen LogP contribution in [0.2, 0.25) is 0 Å². The first-order valence-corrected chi connectivity index (χ1v) is 9.48. The van der Waals surface area contributed by atoms with Crippen LogP contribution >= 0.6 is 31.9 Å². The number of amides is 1. The summed E-state index contributed by atoms with van der Waals surface area (Å²) in [6.07, 6.45) is 4.99. The van der Waals surface area contributed by atoms with Crippen LogP contribution in [-0.4, -0.2) is 29.4 Å². The van der Waals surface area contributed by atoms with Crippen LogP contribution in [0.25, 0.3) is 0 Å². The van der Waals surface area contributed by atoms with Gasteiger partial charge in [-0.2, -0.15) is 0 Å². The molecule has 0 aliphatic heterocycles. The van der Waals surface area contributed by atoms with E-state index in [0.717, 1.165) is 20.2 Å². The van der Waals surface area contributed by atoms with Crippen molar-refractivity contribution >= 4 is 43.5 Å². The molecular formula is C17H24Br2N2O. The van der Waals surface area contributed by atoms with E-state index in [2.05, 4.69) is 55.9 Å². The van der Waals surface area contributed by atoms with Crippen LogP contribution in [-0.2, 0) is 4.79 Å². The molecule has 0 unspecified atom stereocenters. The quantitative estimate of drug-likeness (QED) is 0.702. The highest BCUT2D eigenvalue weighted by Crippen LogP contribution is 2.32. The van der Waals surface area contributed by atoms with E-state index in [4.69, 9.17) is 0 Å². The predicted octanol–water partition coefficient (Wildman–Crippen LogP) is 5.11. The number of nitrogens with zero attached hydrogens (tertiary/aromatic N) is 1. The van der Waals surface area contributed by atoms with Gasteiger partial charge in [0.2, 0.25) is 5.91 Å². The lowest BCUT2D eigenvalue weighted by Crippen LogP contribution is -2.43. The molecule has 0 atom stereocenters. The van der Waals surface area contributed by atoms with E-state index in [9.17, 15) is 4.79 Å². The Labute approximate surface area is 150 Å². The van der Waals surface area contributed by atoms with Gasteiger partial charge in [-0.05, 0) is 83.2 Å². The Morgan fingerprint density at radius 1 is 1.27 bits per heavy atom. The minimum absolute atomic E-state index is 0.0471. The molecule has 3 nitrogen and oxygen atoms in total. The second-order valence-corrected chi connectivity index (χ2v) is 8.06. The van der Waals surface area contributed by atoms with Gasteiger partial charge in [-0.1, -0.05) is 12.8 Å². The van der Waals surface area contributed by atoms with Crippen LogP contribution in [0.4, 0.5) is 5.69 Å². The summed E-state index contributed by atoms with van der Waals surface area (Å²) in [5.74, 6) is 0.0471. The van der Waals surface area contributed by atoms with Crippen LogP contribution in [0.15, 0.2) is 21.1 Å². The number of benzene rings is 1. The molecule has 0 heterocycles. The Morgan fingerprint density at radius 3 is 2.32 bits per heavy atom. The first kappa shape index (κ1) is 18.0. The van der Waals surface area contributed by atoms with E-state index < -0.39 is 0 Å². The minimum Gasteiger partial charge on any atom is -0.323 e. The zero-order valence-electron chi connectivity index (χ0n) is 13.5. The molecule has 0 aromatic heterocycles. The Morgan fingerprint density at radius 2 is 1.82 bits per heavy atom. The molecule has 122 valence electrons. The third-order valence-corrected chi connectivity index (χ3v) is 5.48. The third kappa shape index (κ3) is 4.56. The molecule has 2 rings (SSSR count). The molecule has 0 bridgehead atoms. The van der Waals surface area contributed by atoms with Gasteiger partial charge in [0.1, 0.15) is 0 Å². The molecule has 1 aromatic rings. The molecule has 1 fully saturated rings. The first-order valence-electron chi connectivity index (χ1n) is 7.89. The number of aryl methyl sites for hydroxylation is 1. The average Bonchev–Trinajstić information content (AvgIpc) is 2.93. The molecule has 1 amide bonds. The van der Waals surface area contributed by atoms with E-state index in [1.54, 1.807) is 0 Å². The molecule has 1 saturated carbocycles. The van der Waals surface area contributed by atoms with Gasteiger partial charge in [-0.15, -0.1) is 0 Å². The number of rotatable bonds is 5. The van der Waals surface area contributed by atoms with Gasteiger partial charge in [0.05, 0.1) is 12.2 Å². The number of carbonyl (C=O) groups is 1. The molecule has 1 aliphatic carbocycles. The van der Waals surface area contributed by atoms with Crippen molar-refractivity contribution in [2.75, 3.05) is 11.9 Å². The SMILES string of the molecule is Cc1cc(Br)c(NC(=O)CN(C(C)C)C2CCCC2)c(Br)c1. The lowest BCUT2D eigenvalue weighted by molar-refractivity contribution is -0.118. The topological polar surface area (TPSA) is 32.3 Å². The fraction of sp³-hybridized carbons (Fsp3) is 0.588. The summed E-state index contributed by atoms with van der Waals surface area (Å²) in [5.41, 5.74) is 1.96. The molecule has 0 saturated heterocycles. The number of anilines is 1. The van der Waals surface area contributed by atoms with Crippen LogP contribution in [0, 0.1) is 6.92 Å². The minimum atomic E-state index is 0.0471. The molecule has 5 heteroatoms. The van der Waals surface area contributed by atoms with Crippen molar-refractivity contribution in [1.29, 1.82) is 0 Å². The Hall–Kier alpha value is -0.390. The molecule has 0 spiro atoms.